The van der Waals surface area contributed by atoms with E-state index in [0.717, 1.165) is 6.42 Å². The van der Waals surface area contributed by atoms with Crippen molar-refractivity contribution < 1.29 is 0 Å². The summed E-state index contributed by atoms with van der Waals surface area (Å²) in [4.78, 5) is 0. The van der Waals surface area contributed by atoms with Crippen molar-refractivity contribution in [1.82, 2.24) is 0 Å². The maximum atomic E-state index is 2.16. The Morgan fingerprint density at radius 3 is 1.33 bits per heavy atom. The van der Waals surface area contributed by atoms with Gasteiger partial charge < -0.3 is 0 Å². The Labute approximate surface area is 113 Å². The van der Waals surface area contributed by atoms with Crippen molar-refractivity contribution in [1.29, 1.82) is 0 Å². The highest BCUT2D eigenvalue weighted by Crippen LogP contribution is 1.99. The SMILES string of the molecule is CC.CCc1ccccc1.Cc1ccc(C)cc1. The number of benzene rings is 2. The van der Waals surface area contributed by atoms with Crippen LogP contribution in [0.1, 0.15) is 37.5 Å². The van der Waals surface area contributed by atoms with Gasteiger partial charge in [0, 0.05) is 0 Å². The molecule has 0 heteroatoms. The molecule has 0 aliphatic rings. The van der Waals surface area contributed by atoms with Crippen molar-refractivity contribution in [3.8, 4) is 0 Å². The van der Waals surface area contributed by atoms with E-state index in [1.165, 1.54) is 16.7 Å². The van der Waals surface area contributed by atoms with Crippen LogP contribution in [0.3, 0.4) is 0 Å². The topological polar surface area (TPSA) is 0 Å². The molecule has 0 aliphatic carbocycles. The first kappa shape index (κ1) is 16.4. The molecule has 2 aromatic rings. The standard InChI is InChI=1S/2C8H10.C2H6/c1-7-3-5-8(2)6-4-7;1-2-8-6-4-3-5-7-8;1-2/h3-6H,1-2H3;3-7H,2H2,1H3;1-2H3. The van der Waals surface area contributed by atoms with Crippen LogP contribution >= 0.6 is 0 Å². The summed E-state index contributed by atoms with van der Waals surface area (Å²) in [7, 11) is 0. The maximum absolute atomic E-state index is 2.16. The minimum absolute atomic E-state index is 1.14. The van der Waals surface area contributed by atoms with Crippen molar-refractivity contribution in [3.05, 3.63) is 71.3 Å². The number of hydrogen-bond acceptors (Lipinski definition) is 0. The van der Waals surface area contributed by atoms with E-state index in [4.69, 9.17) is 0 Å². The quantitative estimate of drug-likeness (QED) is 0.612. The van der Waals surface area contributed by atoms with Gasteiger partial charge in [0.05, 0.1) is 0 Å². The van der Waals surface area contributed by atoms with Crippen LogP contribution in [0.2, 0.25) is 0 Å². The lowest BCUT2D eigenvalue weighted by Gasteiger charge is -1.90. The lowest BCUT2D eigenvalue weighted by molar-refractivity contribution is 1.14. The van der Waals surface area contributed by atoms with E-state index in [1.807, 2.05) is 19.9 Å². The highest BCUT2D eigenvalue weighted by molar-refractivity contribution is 5.19. The molecule has 0 aromatic heterocycles. The van der Waals surface area contributed by atoms with Crippen LogP contribution in [0.4, 0.5) is 0 Å². The van der Waals surface area contributed by atoms with Gasteiger partial charge >= 0.3 is 0 Å². The zero-order valence-corrected chi connectivity index (χ0v) is 12.4. The first-order valence-corrected chi connectivity index (χ1v) is 6.79. The molecule has 2 aromatic carbocycles. The highest BCUT2D eigenvalue weighted by Gasteiger charge is 1.80. The molecule has 0 heterocycles. The Kier molecular flexibility index (Phi) is 9.67. The lowest BCUT2D eigenvalue weighted by atomic mass is 10.2. The summed E-state index contributed by atoms with van der Waals surface area (Å²) in [5, 5.41) is 0. The van der Waals surface area contributed by atoms with Crippen molar-refractivity contribution in [2.24, 2.45) is 0 Å². The summed E-state index contributed by atoms with van der Waals surface area (Å²) in [5.41, 5.74) is 4.07. The second-order valence-corrected chi connectivity index (χ2v) is 3.99. The predicted molar refractivity (Wildman–Crippen MR) is 83.1 cm³/mol. The number of hydrogen-bond donors (Lipinski definition) is 0. The lowest BCUT2D eigenvalue weighted by Crippen LogP contribution is -1.73. The number of rotatable bonds is 1. The third-order valence-electron chi connectivity index (χ3n) is 2.47. The summed E-state index contributed by atoms with van der Waals surface area (Å²) < 4.78 is 0. The van der Waals surface area contributed by atoms with Crippen molar-refractivity contribution in [2.45, 2.75) is 41.0 Å². The molecule has 0 fully saturated rings. The molecule has 18 heavy (non-hydrogen) atoms. The van der Waals surface area contributed by atoms with E-state index in [9.17, 15) is 0 Å². The summed E-state index contributed by atoms with van der Waals surface area (Å²) in [6.45, 7) is 10.4. The van der Waals surface area contributed by atoms with E-state index >= 15 is 0 Å². The Bertz CT molecular complexity index is 363. The monoisotopic (exact) mass is 242 g/mol. The van der Waals surface area contributed by atoms with E-state index in [0.29, 0.717) is 0 Å². The van der Waals surface area contributed by atoms with E-state index in [2.05, 4.69) is 69.3 Å². The molecular formula is C18H26. The second kappa shape index (κ2) is 10.6. The minimum atomic E-state index is 1.14. The normalized spacial score (nSPS) is 8.50. The number of aryl methyl sites for hydroxylation is 3. The van der Waals surface area contributed by atoms with Gasteiger partial charge in [0.2, 0.25) is 0 Å². The molecule has 0 spiro atoms. The van der Waals surface area contributed by atoms with Crippen LogP contribution < -0.4 is 0 Å². The fraction of sp³-hybridized carbons (Fsp3) is 0.333. The fourth-order valence-electron chi connectivity index (χ4n) is 1.35. The zero-order chi connectivity index (χ0) is 13.8. The summed E-state index contributed by atoms with van der Waals surface area (Å²) in [5.74, 6) is 0. The molecular weight excluding hydrogens is 216 g/mol. The van der Waals surface area contributed by atoms with Gasteiger partial charge in [-0.25, -0.2) is 0 Å². The Balaban J connectivity index is 0.000000283. The van der Waals surface area contributed by atoms with Gasteiger partial charge in [0.15, 0.2) is 0 Å². The third-order valence-corrected chi connectivity index (χ3v) is 2.47. The first-order valence-electron chi connectivity index (χ1n) is 6.79. The van der Waals surface area contributed by atoms with Crippen LogP contribution in [0.25, 0.3) is 0 Å². The van der Waals surface area contributed by atoms with Crippen LogP contribution in [0, 0.1) is 13.8 Å². The van der Waals surface area contributed by atoms with Gasteiger partial charge in [-0.3, -0.25) is 0 Å². The molecule has 0 nitrogen and oxygen atoms in total. The summed E-state index contributed by atoms with van der Waals surface area (Å²) in [6, 6.07) is 18.9. The first-order chi connectivity index (χ1) is 8.72. The van der Waals surface area contributed by atoms with Gasteiger partial charge in [-0.15, -0.1) is 0 Å². The van der Waals surface area contributed by atoms with Crippen molar-refractivity contribution >= 4 is 0 Å². The molecule has 0 unspecified atom stereocenters. The smallest absolute Gasteiger partial charge is 0.0307 e. The predicted octanol–water partition coefficient (Wildman–Crippen LogP) is 5.58. The molecule has 0 saturated carbocycles. The van der Waals surface area contributed by atoms with Gasteiger partial charge in [0.25, 0.3) is 0 Å². The molecule has 0 atom stereocenters. The van der Waals surface area contributed by atoms with Gasteiger partial charge in [-0.1, -0.05) is 86.5 Å². The van der Waals surface area contributed by atoms with Gasteiger partial charge in [-0.2, -0.15) is 0 Å². The van der Waals surface area contributed by atoms with E-state index in [1.54, 1.807) is 0 Å². The minimum Gasteiger partial charge on any atom is -0.0683 e. The third kappa shape index (κ3) is 7.67. The van der Waals surface area contributed by atoms with E-state index in [-0.39, 0.29) is 0 Å². The zero-order valence-electron chi connectivity index (χ0n) is 12.4. The van der Waals surface area contributed by atoms with Crippen LogP contribution in [0.15, 0.2) is 54.6 Å². The second-order valence-electron chi connectivity index (χ2n) is 3.99. The van der Waals surface area contributed by atoms with Crippen LogP contribution in [-0.2, 0) is 6.42 Å². The fourth-order valence-corrected chi connectivity index (χ4v) is 1.35. The van der Waals surface area contributed by atoms with Gasteiger partial charge in [-0.05, 0) is 25.8 Å². The van der Waals surface area contributed by atoms with Crippen LogP contribution in [0.5, 0.6) is 0 Å². The van der Waals surface area contributed by atoms with E-state index < -0.39 is 0 Å². The Morgan fingerprint density at radius 2 is 1.06 bits per heavy atom. The molecule has 98 valence electrons. The average Bonchev–Trinajstić information content (AvgIpc) is 2.46. The highest BCUT2D eigenvalue weighted by atomic mass is 13.9. The van der Waals surface area contributed by atoms with Gasteiger partial charge in [0.1, 0.15) is 0 Å². The van der Waals surface area contributed by atoms with Crippen LogP contribution in [-0.4, -0.2) is 0 Å². The van der Waals surface area contributed by atoms with Crippen molar-refractivity contribution in [2.75, 3.05) is 0 Å². The Morgan fingerprint density at radius 1 is 0.667 bits per heavy atom. The van der Waals surface area contributed by atoms with Crippen molar-refractivity contribution in [3.63, 3.8) is 0 Å². The summed E-state index contributed by atoms with van der Waals surface area (Å²) >= 11 is 0. The Hall–Kier alpha value is -1.56. The molecule has 2 rings (SSSR count). The molecule has 0 radical (unpaired) electrons. The molecule has 0 bridgehead atoms. The maximum Gasteiger partial charge on any atom is -0.0307 e. The molecule has 0 aliphatic heterocycles. The summed E-state index contributed by atoms with van der Waals surface area (Å²) in [6.07, 6.45) is 1.14. The molecule has 0 amide bonds. The molecule has 0 N–H and O–H groups in total. The molecule has 0 saturated heterocycles. The largest absolute Gasteiger partial charge is 0.0683 e. The average molecular weight is 242 g/mol.